The van der Waals surface area contributed by atoms with Crippen LogP contribution in [0.4, 0.5) is 4.79 Å². The Hall–Kier alpha value is -5.19. The Morgan fingerprint density at radius 3 is 2.36 bits per heavy atom. The third kappa shape index (κ3) is 6.04. The number of carbonyl (C=O) groups excluding carboxylic acids is 3. The summed E-state index contributed by atoms with van der Waals surface area (Å²) in [4.78, 5) is 51.2. The second-order valence-electron chi connectivity index (χ2n) is 9.14. The number of hydrogen-bond donors (Lipinski definition) is 5. The van der Waals surface area contributed by atoms with Crippen LogP contribution in [0.2, 0.25) is 0 Å². The van der Waals surface area contributed by atoms with Crippen LogP contribution in [-0.4, -0.2) is 46.2 Å². The van der Waals surface area contributed by atoms with E-state index < -0.39 is 48.4 Å². The van der Waals surface area contributed by atoms with E-state index >= 15 is 0 Å². The minimum Gasteiger partial charge on any atom is -0.481 e. The first-order valence-electron chi connectivity index (χ1n) is 12.0. The van der Waals surface area contributed by atoms with E-state index in [4.69, 9.17) is 15.9 Å². The zero-order chi connectivity index (χ0) is 28.2. The average molecular weight is 530 g/mol. The number of benzene rings is 3. The van der Waals surface area contributed by atoms with Gasteiger partial charge in [0.25, 0.3) is 5.91 Å². The zero-order valence-electron chi connectivity index (χ0n) is 21.0. The molecule has 1 heterocycles. The second-order valence-corrected chi connectivity index (χ2v) is 9.14. The fourth-order valence-corrected chi connectivity index (χ4v) is 4.25. The molecule has 1 fully saturated rings. The van der Waals surface area contributed by atoms with Crippen LogP contribution in [0.5, 0.6) is 11.5 Å². The lowest BCUT2D eigenvalue weighted by Gasteiger charge is -2.23. The Kier molecular flexibility index (Phi) is 7.61. The topological polar surface area (TPSA) is 175 Å². The summed E-state index contributed by atoms with van der Waals surface area (Å²) in [5.74, 6) is -1.61. The van der Waals surface area contributed by atoms with Gasteiger partial charge in [0.05, 0.1) is 12.5 Å². The van der Waals surface area contributed by atoms with Crippen LogP contribution in [0.1, 0.15) is 36.1 Å². The lowest BCUT2D eigenvalue weighted by Crippen LogP contribution is -2.44. The summed E-state index contributed by atoms with van der Waals surface area (Å²) in [5, 5.41) is 22.2. The number of nitrogens with zero attached hydrogens (tertiary/aromatic N) is 1. The third-order valence-electron chi connectivity index (χ3n) is 6.30. The highest BCUT2D eigenvalue weighted by molar-refractivity contribution is 6.09. The third-order valence-corrected chi connectivity index (χ3v) is 6.30. The molecule has 1 saturated heterocycles. The molecule has 3 aromatic rings. The van der Waals surface area contributed by atoms with Crippen LogP contribution >= 0.6 is 0 Å². The molecule has 200 valence electrons. The normalized spacial score (nSPS) is 17.3. The quantitative estimate of drug-likeness (QED) is 0.152. The standard InChI is InChI=1S/C28H27N5O6/c1-28(19-12-10-17(11-13-19)25(29)30)26(37)33(27(38)32-28)16-23(34)31-22(15-24(35)36)18-6-5-9-21(14-18)39-20-7-3-2-4-8-20/h2-14,22H,15-16H2,1H3,(H3,29,30)(H,31,34)(H,32,38)(H,35,36)/t22-,28-/m0/s1. The largest absolute Gasteiger partial charge is 0.481 e. The maximum atomic E-state index is 13.2. The second kappa shape index (κ2) is 11.1. The number of amides is 4. The van der Waals surface area contributed by atoms with Crippen LogP contribution in [0.3, 0.4) is 0 Å². The smallest absolute Gasteiger partial charge is 0.325 e. The van der Waals surface area contributed by atoms with E-state index in [0.717, 1.165) is 4.90 Å². The maximum absolute atomic E-state index is 13.2. The molecule has 11 heteroatoms. The Balaban J connectivity index is 1.48. The van der Waals surface area contributed by atoms with E-state index in [9.17, 15) is 24.3 Å². The van der Waals surface area contributed by atoms with E-state index in [1.165, 1.54) is 6.92 Å². The van der Waals surface area contributed by atoms with Gasteiger partial charge in [0, 0.05) is 5.56 Å². The van der Waals surface area contributed by atoms with Crippen LogP contribution in [0, 0.1) is 5.41 Å². The summed E-state index contributed by atoms with van der Waals surface area (Å²) in [5.41, 5.74) is 5.43. The zero-order valence-corrected chi connectivity index (χ0v) is 21.0. The molecular weight excluding hydrogens is 502 g/mol. The van der Waals surface area contributed by atoms with Gasteiger partial charge in [-0.1, -0.05) is 54.6 Å². The van der Waals surface area contributed by atoms with Gasteiger partial charge >= 0.3 is 12.0 Å². The number of imide groups is 1. The molecule has 0 saturated carbocycles. The number of nitrogens with two attached hydrogens (primary N) is 1. The number of carboxylic acids is 1. The molecule has 3 aromatic carbocycles. The van der Waals surface area contributed by atoms with Crippen molar-refractivity contribution >= 4 is 29.7 Å². The average Bonchev–Trinajstić information content (AvgIpc) is 3.12. The van der Waals surface area contributed by atoms with Crippen molar-refractivity contribution in [2.24, 2.45) is 5.73 Å². The molecule has 0 spiro atoms. The summed E-state index contributed by atoms with van der Waals surface area (Å²) in [6, 6.07) is 20.2. The van der Waals surface area contributed by atoms with Crippen LogP contribution in [0.25, 0.3) is 0 Å². The van der Waals surface area contributed by atoms with Crippen LogP contribution in [-0.2, 0) is 19.9 Å². The number of aliphatic carboxylic acids is 1. The van der Waals surface area contributed by atoms with Crippen molar-refractivity contribution in [3.8, 4) is 11.5 Å². The van der Waals surface area contributed by atoms with Gasteiger partial charge in [-0.2, -0.15) is 0 Å². The number of carbonyl (C=O) groups is 4. The van der Waals surface area contributed by atoms with Crippen molar-refractivity contribution in [1.29, 1.82) is 5.41 Å². The van der Waals surface area contributed by atoms with E-state index in [1.807, 2.05) is 18.2 Å². The lowest BCUT2D eigenvalue weighted by atomic mass is 9.91. The molecule has 4 amide bonds. The van der Waals surface area contributed by atoms with E-state index in [1.54, 1.807) is 60.7 Å². The molecule has 0 bridgehead atoms. The molecule has 2 atom stereocenters. The molecule has 0 radical (unpaired) electrons. The molecule has 6 N–H and O–H groups in total. The molecule has 0 aromatic heterocycles. The Morgan fingerprint density at radius 1 is 1.05 bits per heavy atom. The summed E-state index contributed by atoms with van der Waals surface area (Å²) in [6.45, 7) is 0.904. The van der Waals surface area contributed by atoms with E-state index in [-0.39, 0.29) is 5.84 Å². The molecule has 0 unspecified atom stereocenters. The Labute approximate surface area is 224 Å². The molecule has 11 nitrogen and oxygen atoms in total. The first-order chi connectivity index (χ1) is 18.6. The van der Waals surface area contributed by atoms with Gasteiger partial charge in [0.1, 0.15) is 29.4 Å². The predicted molar refractivity (Wildman–Crippen MR) is 141 cm³/mol. The molecule has 0 aliphatic carbocycles. The summed E-state index contributed by atoms with van der Waals surface area (Å²) >= 11 is 0. The predicted octanol–water partition coefficient (Wildman–Crippen LogP) is 2.86. The van der Waals surface area contributed by atoms with Crippen molar-refractivity contribution < 1.29 is 29.0 Å². The maximum Gasteiger partial charge on any atom is 0.325 e. The van der Waals surface area contributed by atoms with Gasteiger partial charge in [-0.25, -0.2) is 4.79 Å². The van der Waals surface area contributed by atoms with E-state index in [0.29, 0.717) is 28.2 Å². The first kappa shape index (κ1) is 26.9. The van der Waals surface area contributed by atoms with Gasteiger partial charge in [0.15, 0.2) is 0 Å². The van der Waals surface area contributed by atoms with Gasteiger partial charge in [-0.05, 0) is 42.3 Å². The van der Waals surface area contributed by atoms with Gasteiger partial charge in [-0.3, -0.25) is 24.7 Å². The number of ether oxygens (including phenoxy) is 1. The monoisotopic (exact) mass is 529 g/mol. The molecule has 1 aliphatic heterocycles. The molecule has 39 heavy (non-hydrogen) atoms. The van der Waals surface area contributed by atoms with Crippen molar-refractivity contribution in [2.45, 2.75) is 24.9 Å². The summed E-state index contributed by atoms with van der Waals surface area (Å²) in [6.07, 6.45) is -0.430. The molecule has 1 aliphatic rings. The van der Waals surface area contributed by atoms with E-state index in [2.05, 4.69) is 10.6 Å². The number of hydrogen-bond acceptors (Lipinski definition) is 6. The van der Waals surface area contributed by atoms with Gasteiger partial charge < -0.3 is 26.2 Å². The fourth-order valence-electron chi connectivity index (χ4n) is 4.25. The number of para-hydroxylation sites is 1. The number of nitrogens with one attached hydrogen (secondary N) is 3. The number of amidine groups is 1. The highest BCUT2D eigenvalue weighted by Crippen LogP contribution is 2.30. The van der Waals surface area contributed by atoms with Gasteiger partial charge in [0.2, 0.25) is 5.91 Å². The minimum absolute atomic E-state index is 0.139. The number of rotatable bonds is 10. The Morgan fingerprint density at radius 2 is 1.72 bits per heavy atom. The number of carboxylic acid groups (broad SMARTS) is 1. The van der Waals surface area contributed by atoms with Crippen LogP contribution in [0.15, 0.2) is 78.9 Å². The number of nitrogen functional groups attached to an aromatic ring is 1. The van der Waals surface area contributed by atoms with Crippen molar-refractivity contribution in [3.63, 3.8) is 0 Å². The van der Waals surface area contributed by atoms with Crippen LogP contribution < -0.4 is 21.1 Å². The highest BCUT2D eigenvalue weighted by atomic mass is 16.5. The van der Waals surface area contributed by atoms with Gasteiger partial charge in [-0.15, -0.1) is 0 Å². The summed E-state index contributed by atoms with van der Waals surface area (Å²) < 4.78 is 5.82. The summed E-state index contributed by atoms with van der Waals surface area (Å²) in [7, 11) is 0. The highest BCUT2D eigenvalue weighted by Gasteiger charge is 2.49. The SMILES string of the molecule is C[C@@]1(c2ccc(C(=N)N)cc2)NC(=O)N(CC(=O)N[C@@H](CC(=O)O)c2cccc(Oc3ccccc3)c2)C1=O. The molecule has 4 rings (SSSR count). The first-order valence-corrected chi connectivity index (χ1v) is 12.0. The van der Waals surface area contributed by atoms with Crippen molar-refractivity contribution in [2.75, 3.05) is 6.54 Å². The lowest BCUT2D eigenvalue weighted by molar-refractivity contribution is -0.138. The fraction of sp³-hybridized carbons (Fsp3) is 0.179. The number of urea groups is 1. The van der Waals surface area contributed by atoms with Crippen molar-refractivity contribution in [1.82, 2.24) is 15.5 Å². The Bertz CT molecular complexity index is 1430. The minimum atomic E-state index is -1.43. The van der Waals surface area contributed by atoms with Crippen molar-refractivity contribution in [3.05, 3.63) is 95.6 Å². The molecular formula is C28H27N5O6.